The number of carbonyl (C=O) groups excluding carboxylic acids is 2. The first-order valence-corrected chi connectivity index (χ1v) is 7.88. The van der Waals surface area contributed by atoms with E-state index in [1.165, 1.54) is 13.3 Å². The molecular weight excluding hydrogens is 282 g/mol. The summed E-state index contributed by atoms with van der Waals surface area (Å²) >= 11 is 0. The van der Waals surface area contributed by atoms with Gasteiger partial charge in [-0.1, -0.05) is 6.42 Å². The van der Waals surface area contributed by atoms with Gasteiger partial charge in [0.15, 0.2) is 0 Å². The van der Waals surface area contributed by atoms with E-state index in [4.69, 9.17) is 0 Å². The van der Waals surface area contributed by atoms with Gasteiger partial charge in [-0.05, 0) is 25.5 Å². The van der Waals surface area contributed by atoms with E-state index in [9.17, 15) is 9.59 Å². The van der Waals surface area contributed by atoms with E-state index in [1.807, 2.05) is 16.9 Å². The van der Waals surface area contributed by atoms with Crippen LogP contribution in [0.5, 0.6) is 0 Å². The summed E-state index contributed by atoms with van der Waals surface area (Å²) in [6.45, 7) is 4.59. The summed E-state index contributed by atoms with van der Waals surface area (Å²) in [4.78, 5) is 25.0. The summed E-state index contributed by atoms with van der Waals surface area (Å²) in [5, 5.41) is 9.76. The molecule has 1 aromatic rings. The zero-order valence-corrected chi connectivity index (χ0v) is 13.1. The first kappa shape index (κ1) is 16.5. The van der Waals surface area contributed by atoms with Crippen LogP contribution in [0.4, 0.5) is 0 Å². The van der Waals surface area contributed by atoms with Crippen molar-refractivity contribution in [2.24, 2.45) is 0 Å². The molecule has 1 atom stereocenters. The lowest BCUT2D eigenvalue weighted by atomic mass is 10.0. The average molecular weight is 307 g/mol. The van der Waals surface area contributed by atoms with Crippen LogP contribution in [-0.4, -0.2) is 58.7 Å². The van der Waals surface area contributed by atoms with E-state index in [2.05, 4.69) is 20.6 Å². The van der Waals surface area contributed by atoms with Crippen molar-refractivity contribution in [3.8, 4) is 0 Å². The molecule has 0 bridgehead atoms. The summed E-state index contributed by atoms with van der Waals surface area (Å²) in [6.07, 6.45) is 7.17. The Labute approximate surface area is 131 Å². The maximum absolute atomic E-state index is 12.0. The molecule has 1 saturated heterocycles. The Balaban J connectivity index is 1.75. The first-order valence-electron chi connectivity index (χ1n) is 7.88. The zero-order chi connectivity index (χ0) is 15.8. The van der Waals surface area contributed by atoms with Gasteiger partial charge in [0.05, 0.1) is 13.1 Å². The lowest BCUT2D eigenvalue weighted by molar-refractivity contribution is -0.123. The van der Waals surface area contributed by atoms with E-state index in [0.717, 1.165) is 25.9 Å². The topological polar surface area (TPSA) is 79.3 Å². The molecule has 1 aliphatic heterocycles. The van der Waals surface area contributed by atoms with Crippen LogP contribution in [0.2, 0.25) is 0 Å². The van der Waals surface area contributed by atoms with Crippen molar-refractivity contribution in [2.75, 3.05) is 26.2 Å². The summed E-state index contributed by atoms with van der Waals surface area (Å²) in [5.41, 5.74) is 0. The number of amides is 2. The van der Waals surface area contributed by atoms with Crippen LogP contribution in [0.1, 0.15) is 26.2 Å². The molecule has 1 aliphatic rings. The second-order valence-electron chi connectivity index (χ2n) is 5.68. The fraction of sp³-hybridized carbons (Fsp3) is 0.667. The van der Waals surface area contributed by atoms with Crippen molar-refractivity contribution in [3.63, 3.8) is 0 Å². The summed E-state index contributed by atoms with van der Waals surface area (Å²) < 4.78 is 1.93. The molecule has 7 heteroatoms. The highest BCUT2D eigenvalue weighted by atomic mass is 16.2. The van der Waals surface area contributed by atoms with Crippen LogP contribution in [-0.2, 0) is 16.1 Å². The molecule has 0 aliphatic carbocycles. The van der Waals surface area contributed by atoms with Crippen molar-refractivity contribution in [1.82, 2.24) is 25.3 Å². The Kier molecular flexibility index (Phi) is 6.39. The third-order valence-corrected chi connectivity index (χ3v) is 3.87. The number of hydrogen-bond acceptors (Lipinski definition) is 4. The number of nitrogens with one attached hydrogen (secondary N) is 2. The fourth-order valence-corrected chi connectivity index (χ4v) is 2.78. The number of carbonyl (C=O) groups is 2. The lowest BCUT2D eigenvalue weighted by Crippen LogP contribution is -2.48. The lowest BCUT2D eigenvalue weighted by Gasteiger charge is -2.35. The second-order valence-corrected chi connectivity index (χ2v) is 5.68. The van der Waals surface area contributed by atoms with Gasteiger partial charge in [0.2, 0.25) is 11.8 Å². The smallest absolute Gasteiger partial charge is 0.234 e. The standard InChI is InChI=1S/C15H25N5O2/c1-13(21)16-7-8-17-15(22)12-19-9-3-2-5-14(19)11-20-10-4-6-18-20/h4,6,10,14H,2-3,5,7-9,11-12H2,1H3,(H,16,21)(H,17,22)/t14-/m0/s1. The average Bonchev–Trinajstić information content (AvgIpc) is 2.98. The Bertz CT molecular complexity index is 474. The van der Waals surface area contributed by atoms with Crippen molar-refractivity contribution in [3.05, 3.63) is 18.5 Å². The van der Waals surface area contributed by atoms with E-state index in [0.29, 0.717) is 25.7 Å². The summed E-state index contributed by atoms with van der Waals surface area (Å²) in [5.74, 6) is -0.0673. The van der Waals surface area contributed by atoms with Gasteiger partial charge in [-0.2, -0.15) is 5.10 Å². The molecule has 0 aromatic carbocycles. The predicted molar refractivity (Wildman–Crippen MR) is 83.1 cm³/mol. The van der Waals surface area contributed by atoms with Crippen LogP contribution >= 0.6 is 0 Å². The molecule has 7 nitrogen and oxygen atoms in total. The largest absolute Gasteiger partial charge is 0.355 e. The van der Waals surface area contributed by atoms with Crippen molar-refractivity contribution < 1.29 is 9.59 Å². The molecule has 0 unspecified atom stereocenters. The third kappa shape index (κ3) is 5.48. The van der Waals surface area contributed by atoms with Crippen LogP contribution in [0.25, 0.3) is 0 Å². The molecule has 2 amide bonds. The highest BCUT2D eigenvalue weighted by Crippen LogP contribution is 2.17. The molecule has 0 spiro atoms. The Morgan fingerprint density at radius 2 is 2.09 bits per heavy atom. The SMILES string of the molecule is CC(=O)NCCNC(=O)CN1CCCC[C@H]1Cn1cccn1. The number of piperidine rings is 1. The first-order chi connectivity index (χ1) is 10.6. The monoisotopic (exact) mass is 307 g/mol. The third-order valence-electron chi connectivity index (χ3n) is 3.87. The van der Waals surface area contributed by atoms with Crippen LogP contribution in [0, 0.1) is 0 Å². The number of aromatic nitrogens is 2. The van der Waals surface area contributed by atoms with Crippen molar-refractivity contribution in [2.45, 2.75) is 38.8 Å². The van der Waals surface area contributed by atoms with Gasteiger partial charge in [-0.25, -0.2) is 0 Å². The number of rotatable bonds is 7. The highest BCUT2D eigenvalue weighted by molar-refractivity contribution is 5.78. The minimum Gasteiger partial charge on any atom is -0.355 e. The molecule has 2 N–H and O–H groups in total. The summed E-state index contributed by atoms with van der Waals surface area (Å²) in [7, 11) is 0. The van der Waals surface area contributed by atoms with Gasteiger partial charge < -0.3 is 10.6 Å². The van der Waals surface area contributed by atoms with Gasteiger partial charge in [-0.3, -0.25) is 19.2 Å². The van der Waals surface area contributed by atoms with Crippen LogP contribution in [0.3, 0.4) is 0 Å². The Morgan fingerprint density at radius 1 is 1.27 bits per heavy atom. The molecule has 1 fully saturated rings. The Hall–Kier alpha value is -1.89. The predicted octanol–water partition coefficient (Wildman–Crippen LogP) is -0.0101. The highest BCUT2D eigenvalue weighted by Gasteiger charge is 2.24. The normalized spacial score (nSPS) is 18.9. The summed E-state index contributed by atoms with van der Waals surface area (Å²) in [6, 6.07) is 2.27. The van der Waals surface area contributed by atoms with Crippen molar-refractivity contribution in [1.29, 1.82) is 0 Å². The van der Waals surface area contributed by atoms with Crippen LogP contribution < -0.4 is 10.6 Å². The maximum Gasteiger partial charge on any atom is 0.234 e. The quantitative estimate of drug-likeness (QED) is 0.695. The molecule has 0 radical (unpaired) electrons. The van der Waals surface area contributed by atoms with E-state index in [1.54, 1.807) is 6.20 Å². The Morgan fingerprint density at radius 3 is 2.82 bits per heavy atom. The van der Waals surface area contributed by atoms with Crippen molar-refractivity contribution >= 4 is 11.8 Å². The molecule has 1 aromatic heterocycles. The molecule has 122 valence electrons. The molecule has 22 heavy (non-hydrogen) atoms. The zero-order valence-electron chi connectivity index (χ0n) is 13.1. The molecular formula is C15H25N5O2. The second kappa shape index (κ2) is 8.53. The minimum atomic E-state index is -0.0791. The fourth-order valence-electron chi connectivity index (χ4n) is 2.78. The molecule has 2 heterocycles. The van der Waals surface area contributed by atoms with Gasteiger partial charge in [-0.15, -0.1) is 0 Å². The van der Waals surface area contributed by atoms with Gasteiger partial charge in [0, 0.05) is 38.4 Å². The molecule has 0 saturated carbocycles. The maximum atomic E-state index is 12.0. The van der Waals surface area contributed by atoms with Gasteiger partial charge >= 0.3 is 0 Å². The van der Waals surface area contributed by atoms with Crippen LogP contribution in [0.15, 0.2) is 18.5 Å². The van der Waals surface area contributed by atoms with E-state index >= 15 is 0 Å². The molecule has 2 rings (SSSR count). The van der Waals surface area contributed by atoms with E-state index in [-0.39, 0.29) is 11.8 Å². The number of nitrogens with zero attached hydrogens (tertiary/aromatic N) is 3. The van der Waals surface area contributed by atoms with E-state index < -0.39 is 0 Å². The number of hydrogen-bond donors (Lipinski definition) is 2. The number of likely N-dealkylation sites (tertiary alicyclic amines) is 1. The minimum absolute atomic E-state index is 0.0118. The van der Waals surface area contributed by atoms with Gasteiger partial charge in [0.1, 0.15) is 0 Å². The van der Waals surface area contributed by atoms with Gasteiger partial charge in [0.25, 0.3) is 0 Å².